The molecule has 0 aliphatic carbocycles. The highest BCUT2D eigenvalue weighted by molar-refractivity contribution is 7.85. The van der Waals surface area contributed by atoms with Gasteiger partial charge in [0.25, 0.3) is 0 Å². The molecule has 0 radical (unpaired) electrons. The van der Waals surface area contributed by atoms with Crippen LogP contribution in [0, 0.1) is 0 Å². The van der Waals surface area contributed by atoms with Crippen LogP contribution in [-0.4, -0.2) is 34.8 Å². The summed E-state index contributed by atoms with van der Waals surface area (Å²) in [4.78, 5) is 11.2. The monoisotopic (exact) mass is 270 g/mol. The molecule has 1 atom stereocenters. The highest BCUT2D eigenvalue weighted by atomic mass is 32.2. The Hall–Kier alpha value is -1.56. The number of hydrogen-bond donors (Lipinski definition) is 2. The lowest BCUT2D eigenvalue weighted by Gasteiger charge is -2.08. The molecule has 6 heteroatoms. The fourth-order valence-corrected chi connectivity index (χ4v) is 2.13. The lowest BCUT2D eigenvalue weighted by atomic mass is 10.3. The van der Waals surface area contributed by atoms with E-state index in [-0.39, 0.29) is 18.3 Å². The van der Waals surface area contributed by atoms with Crippen molar-refractivity contribution in [2.45, 2.75) is 6.92 Å². The minimum absolute atomic E-state index is 0.0153. The summed E-state index contributed by atoms with van der Waals surface area (Å²) in [5.41, 5.74) is 6.24. The maximum Gasteiger partial charge on any atom is 0.232 e. The SMILES string of the molecule is CCNC(=O)CS(=O)CCOc1ccccc1N. The fraction of sp³-hybridized carbons (Fsp3) is 0.417. The predicted molar refractivity (Wildman–Crippen MR) is 72.9 cm³/mol. The predicted octanol–water partition coefficient (Wildman–Crippen LogP) is 0.532. The maximum absolute atomic E-state index is 11.5. The fourth-order valence-electron chi connectivity index (χ4n) is 1.32. The van der Waals surface area contributed by atoms with Crippen molar-refractivity contribution in [2.24, 2.45) is 0 Å². The second kappa shape index (κ2) is 7.71. The van der Waals surface area contributed by atoms with E-state index in [0.29, 0.717) is 23.7 Å². The molecule has 0 aromatic heterocycles. The van der Waals surface area contributed by atoms with E-state index in [1.54, 1.807) is 12.1 Å². The number of hydrogen-bond acceptors (Lipinski definition) is 4. The van der Waals surface area contributed by atoms with E-state index in [2.05, 4.69) is 5.32 Å². The van der Waals surface area contributed by atoms with Crippen molar-refractivity contribution in [1.29, 1.82) is 0 Å². The quantitative estimate of drug-likeness (QED) is 0.708. The van der Waals surface area contributed by atoms with Gasteiger partial charge >= 0.3 is 0 Å². The van der Waals surface area contributed by atoms with Crippen molar-refractivity contribution in [3.05, 3.63) is 24.3 Å². The third-order valence-corrected chi connectivity index (χ3v) is 3.36. The first-order valence-electron chi connectivity index (χ1n) is 5.72. The van der Waals surface area contributed by atoms with Crippen LogP contribution in [0.3, 0.4) is 0 Å². The molecule has 1 aromatic rings. The number of nitrogens with two attached hydrogens (primary N) is 1. The minimum Gasteiger partial charge on any atom is -0.490 e. The van der Waals surface area contributed by atoms with Crippen LogP contribution in [-0.2, 0) is 15.6 Å². The number of carbonyl (C=O) groups is 1. The van der Waals surface area contributed by atoms with Gasteiger partial charge in [0.15, 0.2) is 0 Å². The van der Waals surface area contributed by atoms with Crippen LogP contribution in [0.15, 0.2) is 24.3 Å². The van der Waals surface area contributed by atoms with E-state index in [0.717, 1.165) is 0 Å². The molecule has 0 saturated heterocycles. The Morgan fingerprint density at radius 2 is 2.17 bits per heavy atom. The van der Waals surface area contributed by atoms with Crippen LogP contribution in [0.2, 0.25) is 0 Å². The van der Waals surface area contributed by atoms with Crippen LogP contribution in [0.25, 0.3) is 0 Å². The first kappa shape index (κ1) is 14.5. The number of rotatable bonds is 7. The molecule has 5 nitrogen and oxygen atoms in total. The first-order chi connectivity index (χ1) is 8.63. The van der Waals surface area contributed by atoms with Crippen molar-refractivity contribution >= 4 is 22.4 Å². The van der Waals surface area contributed by atoms with E-state index < -0.39 is 10.8 Å². The van der Waals surface area contributed by atoms with E-state index in [4.69, 9.17) is 10.5 Å². The van der Waals surface area contributed by atoms with Gasteiger partial charge in [0.2, 0.25) is 5.91 Å². The molecule has 0 fully saturated rings. The lowest BCUT2D eigenvalue weighted by Crippen LogP contribution is -2.29. The van der Waals surface area contributed by atoms with Gasteiger partial charge in [-0.2, -0.15) is 0 Å². The molecule has 0 saturated carbocycles. The molecule has 1 rings (SSSR count). The van der Waals surface area contributed by atoms with E-state index in [9.17, 15) is 9.00 Å². The largest absolute Gasteiger partial charge is 0.490 e. The Morgan fingerprint density at radius 1 is 1.44 bits per heavy atom. The van der Waals surface area contributed by atoms with Gasteiger partial charge in [-0.05, 0) is 19.1 Å². The second-order valence-corrected chi connectivity index (χ2v) is 5.20. The molecule has 18 heavy (non-hydrogen) atoms. The van der Waals surface area contributed by atoms with Crippen molar-refractivity contribution in [3.8, 4) is 5.75 Å². The van der Waals surface area contributed by atoms with Crippen LogP contribution in [0.4, 0.5) is 5.69 Å². The zero-order chi connectivity index (χ0) is 13.4. The zero-order valence-corrected chi connectivity index (χ0v) is 11.2. The second-order valence-electron chi connectivity index (χ2n) is 3.63. The van der Waals surface area contributed by atoms with Crippen LogP contribution < -0.4 is 15.8 Å². The number of nitrogens with one attached hydrogen (secondary N) is 1. The molecular weight excluding hydrogens is 252 g/mol. The Balaban J connectivity index is 2.28. The Kier molecular flexibility index (Phi) is 6.21. The summed E-state index contributed by atoms with van der Waals surface area (Å²) < 4.78 is 16.9. The average molecular weight is 270 g/mol. The number of carbonyl (C=O) groups excluding carboxylic acids is 1. The molecule has 1 aromatic carbocycles. The molecule has 0 aliphatic heterocycles. The molecular formula is C12H18N2O3S. The highest BCUT2D eigenvalue weighted by Gasteiger charge is 2.07. The highest BCUT2D eigenvalue weighted by Crippen LogP contribution is 2.19. The topological polar surface area (TPSA) is 81.4 Å². The molecule has 0 heterocycles. The summed E-state index contributed by atoms with van der Waals surface area (Å²) in [7, 11) is -1.21. The normalized spacial score (nSPS) is 11.8. The van der Waals surface area contributed by atoms with Gasteiger partial charge in [-0.1, -0.05) is 12.1 Å². The summed E-state index contributed by atoms with van der Waals surface area (Å²) in [5.74, 6) is 0.704. The summed E-state index contributed by atoms with van der Waals surface area (Å²) in [6.45, 7) is 2.65. The van der Waals surface area contributed by atoms with Gasteiger partial charge in [0.05, 0.1) is 18.0 Å². The van der Waals surface area contributed by atoms with Crippen molar-refractivity contribution < 1.29 is 13.7 Å². The summed E-state index contributed by atoms with van der Waals surface area (Å²) >= 11 is 0. The minimum atomic E-state index is -1.21. The van der Waals surface area contributed by atoms with Crippen LogP contribution in [0.1, 0.15) is 6.92 Å². The maximum atomic E-state index is 11.5. The molecule has 0 spiro atoms. The molecule has 1 amide bonds. The van der Waals surface area contributed by atoms with Crippen molar-refractivity contribution in [3.63, 3.8) is 0 Å². The van der Waals surface area contributed by atoms with E-state index in [1.165, 1.54) is 0 Å². The number of benzene rings is 1. The number of nitrogen functional groups attached to an aromatic ring is 1. The van der Waals surface area contributed by atoms with E-state index >= 15 is 0 Å². The Morgan fingerprint density at radius 3 is 2.83 bits per heavy atom. The molecule has 1 unspecified atom stereocenters. The summed E-state index contributed by atoms with van der Waals surface area (Å²) in [6.07, 6.45) is 0. The van der Waals surface area contributed by atoms with Gasteiger partial charge in [-0.15, -0.1) is 0 Å². The third-order valence-electron chi connectivity index (χ3n) is 2.15. The van der Waals surface area contributed by atoms with Crippen molar-refractivity contribution in [1.82, 2.24) is 5.32 Å². The molecule has 3 N–H and O–H groups in total. The van der Waals surface area contributed by atoms with Crippen molar-refractivity contribution in [2.75, 3.05) is 30.4 Å². The van der Waals surface area contributed by atoms with Gasteiger partial charge < -0.3 is 15.8 Å². The van der Waals surface area contributed by atoms with Gasteiger partial charge in [-0.25, -0.2) is 0 Å². The van der Waals surface area contributed by atoms with Gasteiger partial charge in [-0.3, -0.25) is 9.00 Å². The average Bonchev–Trinajstić information content (AvgIpc) is 2.31. The number of ether oxygens (including phenoxy) is 1. The number of amides is 1. The summed E-state index contributed by atoms with van der Waals surface area (Å²) in [5, 5.41) is 2.60. The standard InChI is InChI=1S/C12H18N2O3S/c1-2-14-12(15)9-18(16)8-7-17-11-6-4-3-5-10(11)13/h3-6H,2,7-9,13H2,1H3,(H,14,15). The lowest BCUT2D eigenvalue weighted by molar-refractivity contribution is -0.118. The molecule has 0 bridgehead atoms. The van der Waals surface area contributed by atoms with Gasteiger partial charge in [0, 0.05) is 17.3 Å². The first-order valence-corrected chi connectivity index (χ1v) is 7.21. The van der Waals surface area contributed by atoms with Gasteiger partial charge in [0.1, 0.15) is 11.5 Å². The molecule has 100 valence electrons. The Labute approximate surface area is 109 Å². The smallest absolute Gasteiger partial charge is 0.232 e. The van der Waals surface area contributed by atoms with Crippen LogP contribution in [0.5, 0.6) is 5.75 Å². The zero-order valence-electron chi connectivity index (χ0n) is 10.3. The third kappa shape index (κ3) is 5.18. The van der Waals surface area contributed by atoms with Crippen LogP contribution >= 0.6 is 0 Å². The van der Waals surface area contributed by atoms with E-state index in [1.807, 2.05) is 19.1 Å². The number of anilines is 1. The summed E-state index contributed by atoms with van der Waals surface area (Å²) in [6, 6.07) is 7.12. The Bertz CT molecular complexity index is 424. The molecule has 0 aliphatic rings. The number of para-hydroxylation sites is 2.